The van der Waals surface area contributed by atoms with Gasteiger partial charge in [0.2, 0.25) is 5.65 Å². The molecule has 0 aliphatic heterocycles. The summed E-state index contributed by atoms with van der Waals surface area (Å²) in [6.07, 6.45) is 5.20. The summed E-state index contributed by atoms with van der Waals surface area (Å²) in [6.45, 7) is 4.31. The van der Waals surface area contributed by atoms with Crippen molar-refractivity contribution in [3.63, 3.8) is 0 Å². The molecule has 5 nitrogen and oxygen atoms in total. The maximum absolute atomic E-state index is 5.79. The number of benzene rings is 1. The summed E-state index contributed by atoms with van der Waals surface area (Å²) in [5.41, 5.74) is 7.67. The second-order valence-electron chi connectivity index (χ2n) is 4.95. The van der Waals surface area contributed by atoms with E-state index in [1.807, 2.05) is 18.3 Å². The van der Waals surface area contributed by atoms with E-state index in [2.05, 4.69) is 35.9 Å². The van der Waals surface area contributed by atoms with Gasteiger partial charge in [0.25, 0.3) is 5.88 Å². The highest BCUT2D eigenvalue weighted by atomic mass is 16.5. The van der Waals surface area contributed by atoms with E-state index in [1.165, 1.54) is 5.56 Å². The van der Waals surface area contributed by atoms with Crippen molar-refractivity contribution in [2.75, 3.05) is 5.73 Å². The molecule has 0 atom stereocenters. The van der Waals surface area contributed by atoms with Gasteiger partial charge in [0.1, 0.15) is 11.6 Å². The number of fused-ring (bicyclic) bond motifs is 1. The van der Waals surface area contributed by atoms with Crippen LogP contribution in [0.4, 0.5) is 5.82 Å². The largest absolute Gasteiger partial charge is 0.436 e. The van der Waals surface area contributed by atoms with Crippen LogP contribution in [0.3, 0.4) is 0 Å². The summed E-state index contributed by atoms with van der Waals surface area (Å²) in [5.74, 6) is 2.02. The molecular formula is C15H16N4O. The number of nitrogens with zero attached hydrogens (tertiary/aromatic N) is 3. The van der Waals surface area contributed by atoms with Crippen molar-refractivity contribution < 1.29 is 4.74 Å². The van der Waals surface area contributed by atoms with Crippen molar-refractivity contribution in [2.45, 2.75) is 19.8 Å². The molecule has 0 fully saturated rings. The fourth-order valence-electron chi connectivity index (χ4n) is 2.02. The fraction of sp³-hybridized carbons (Fsp3) is 0.200. The molecule has 2 aromatic heterocycles. The van der Waals surface area contributed by atoms with Crippen LogP contribution in [-0.4, -0.2) is 14.4 Å². The van der Waals surface area contributed by atoms with E-state index >= 15 is 0 Å². The van der Waals surface area contributed by atoms with Crippen molar-refractivity contribution in [3.05, 3.63) is 48.4 Å². The van der Waals surface area contributed by atoms with Gasteiger partial charge in [-0.2, -0.15) is 4.98 Å². The number of anilines is 1. The quantitative estimate of drug-likeness (QED) is 0.792. The first-order valence-electron chi connectivity index (χ1n) is 6.50. The van der Waals surface area contributed by atoms with Gasteiger partial charge in [-0.25, -0.2) is 4.98 Å². The lowest BCUT2D eigenvalue weighted by molar-refractivity contribution is 0.465. The SMILES string of the molecule is CC(C)c1ccc(Oc2nc(N)cn3ccnc23)cc1. The average Bonchev–Trinajstić information content (AvgIpc) is 2.87. The Bertz CT molecular complexity index is 731. The fourth-order valence-corrected chi connectivity index (χ4v) is 2.02. The van der Waals surface area contributed by atoms with E-state index in [0.717, 1.165) is 5.75 Å². The molecule has 0 radical (unpaired) electrons. The van der Waals surface area contributed by atoms with Crippen LogP contribution in [0.2, 0.25) is 0 Å². The Labute approximate surface area is 117 Å². The second-order valence-corrected chi connectivity index (χ2v) is 4.95. The van der Waals surface area contributed by atoms with E-state index in [9.17, 15) is 0 Å². The second kappa shape index (κ2) is 4.85. The van der Waals surface area contributed by atoms with Gasteiger partial charge >= 0.3 is 0 Å². The van der Waals surface area contributed by atoms with Crippen molar-refractivity contribution in [1.82, 2.24) is 14.4 Å². The van der Waals surface area contributed by atoms with Crippen LogP contribution in [0, 0.1) is 0 Å². The summed E-state index contributed by atoms with van der Waals surface area (Å²) >= 11 is 0. The zero-order valence-corrected chi connectivity index (χ0v) is 11.4. The Hall–Kier alpha value is -2.56. The highest BCUT2D eigenvalue weighted by Crippen LogP contribution is 2.25. The van der Waals surface area contributed by atoms with Gasteiger partial charge in [0.15, 0.2) is 0 Å². The Balaban J connectivity index is 1.94. The molecule has 0 saturated carbocycles. The van der Waals surface area contributed by atoms with Crippen LogP contribution in [0.15, 0.2) is 42.9 Å². The van der Waals surface area contributed by atoms with E-state index < -0.39 is 0 Å². The Kier molecular flexibility index (Phi) is 3.02. The Morgan fingerprint density at radius 3 is 2.65 bits per heavy atom. The third-order valence-electron chi connectivity index (χ3n) is 3.12. The van der Waals surface area contributed by atoms with Gasteiger partial charge in [-0.1, -0.05) is 26.0 Å². The molecule has 102 valence electrons. The minimum Gasteiger partial charge on any atom is -0.436 e. The van der Waals surface area contributed by atoms with Crippen LogP contribution in [0.25, 0.3) is 5.65 Å². The summed E-state index contributed by atoms with van der Waals surface area (Å²) in [5, 5.41) is 0. The maximum Gasteiger partial charge on any atom is 0.265 e. The third-order valence-corrected chi connectivity index (χ3v) is 3.12. The Morgan fingerprint density at radius 1 is 1.20 bits per heavy atom. The lowest BCUT2D eigenvalue weighted by atomic mass is 10.0. The molecular weight excluding hydrogens is 252 g/mol. The molecule has 3 rings (SSSR count). The van der Waals surface area contributed by atoms with E-state index in [1.54, 1.807) is 16.8 Å². The minimum atomic E-state index is 0.393. The zero-order valence-electron chi connectivity index (χ0n) is 11.4. The van der Waals surface area contributed by atoms with Crippen LogP contribution in [0.5, 0.6) is 11.6 Å². The number of hydrogen-bond donors (Lipinski definition) is 1. The molecule has 0 bridgehead atoms. The van der Waals surface area contributed by atoms with Gasteiger partial charge < -0.3 is 10.5 Å². The van der Waals surface area contributed by atoms with E-state index in [-0.39, 0.29) is 0 Å². The lowest BCUT2D eigenvalue weighted by Gasteiger charge is -2.09. The first-order chi connectivity index (χ1) is 9.63. The molecule has 0 aliphatic carbocycles. The smallest absolute Gasteiger partial charge is 0.265 e. The molecule has 0 unspecified atom stereocenters. The molecule has 0 saturated heterocycles. The molecule has 1 aromatic carbocycles. The third kappa shape index (κ3) is 2.30. The van der Waals surface area contributed by atoms with Crippen LogP contribution < -0.4 is 10.5 Å². The number of hydrogen-bond acceptors (Lipinski definition) is 4. The highest BCUT2D eigenvalue weighted by Gasteiger charge is 2.09. The molecule has 2 heterocycles. The summed E-state index contributed by atoms with van der Waals surface area (Å²) in [6, 6.07) is 7.96. The van der Waals surface area contributed by atoms with Crippen LogP contribution >= 0.6 is 0 Å². The number of nitrogens with two attached hydrogens (primary N) is 1. The normalized spacial score (nSPS) is 11.2. The van der Waals surface area contributed by atoms with E-state index in [4.69, 9.17) is 10.5 Å². The van der Waals surface area contributed by atoms with Gasteiger partial charge in [-0.3, -0.25) is 4.40 Å². The standard InChI is InChI=1S/C15H16N4O/c1-10(2)11-3-5-12(6-4-11)20-15-14-17-7-8-19(14)9-13(16)18-15/h3-10H,16H2,1-2H3. The zero-order chi connectivity index (χ0) is 14.1. The summed E-state index contributed by atoms with van der Waals surface area (Å²) < 4.78 is 7.58. The van der Waals surface area contributed by atoms with Gasteiger partial charge in [-0.05, 0) is 23.6 Å². The summed E-state index contributed by atoms with van der Waals surface area (Å²) in [7, 11) is 0. The number of rotatable bonds is 3. The molecule has 5 heteroatoms. The van der Waals surface area contributed by atoms with Crippen molar-refractivity contribution >= 4 is 11.5 Å². The number of imidazole rings is 1. The Morgan fingerprint density at radius 2 is 1.95 bits per heavy atom. The first kappa shape index (κ1) is 12.5. The predicted molar refractivity (Wildman–Crippen MR) is 78.0 cm³/mol. The van der Waals surface area contributed by atoms with Gasteiger partial charge in [-0.15, -0.1) is 0 Å². The molecule has 2 N–H and O–H groups in total. The summed E-state index contributed by atoms with van der Waals surface area (Å²) in [4.78, 5) is 8.42. The number of aromatic nitrogens is 3. The van der Waals surface area contributed by atoms with E-state index in [0.29, 0.717) is 23.3 Å². The number of nitrogen functional groups attached to an aromatic ring is 1. The molecule has 0 aliphatic rings. The predicted octanol–water partition coefficient (Wildman–Crippen LogP) is 3.23. The molecule has 3 aromatic rings. The van der Waals surface area contributed by atoms with Crippen LogP contribution in [-0.2, 0) is 0 Å². The molecule has 20 heavy (non-hydrogen) atoms. The van der Waals surface area contributed by atoms with Crippen molar-refractivity contribution in [3.8, 4) is 11.6 Å². The molecule has 0 amide bonds. The highest BCUT2D eigenvalue weighted by molar-refractivity contribution is 5.54. The van der Waals surface area contributed by atoms with Crippen molar-refractivity contribution in [2.24, 2.45) is 0 Å². The van der Waals surface area contributed by atoms with Crippen molar-refractivity contribution in [1.29, 1.82) is 0 Å². The first-order valence-corrected chi connectivity index (χ1v) is 6.50. The monoisotopic (exact) mass is 268 g/mol. The topological polar surface area (TPSA) is 65.4 Å². The maximum atomic E-state index is 5.79. The molecule has 0 spiro atoms. The van der Waals surface area contributed by atoms with Crippen LogP contribution in [0.1, 0.15) is 25.3 Å². The lowest BCUT2D eigenvalue weighted by Crippen LogP contribution is -1.99. The van der Waals surface area contributed by atoms with Gasteiger partial charge in [0.05, 0.1) is 6.20 Å². The number of ether oxygens (including phenoxy) is 1. The minimum absolute atomic E-state index is 0.393. The average molecular weight is 268 g/mol. The van der Waals surface area contributed by atoms with Gasteiger partial charge in [0, 0.05) is 12.4 Å².